The third kappa shape index (κ3) is 2.67. The molecule has 1 fully saturated rings. The standard InChI is InChI=1S/C17H18N2O3/c1-4-15(19-7-9-20-10-8-19)5-2-13(1)18-14-3-6-16-17(11-14)22-12-21-16/h1-6,11,18H,7-10,12H2. The molecule has 4 rings (SSSR count). The SMILES string of the molecule is c1cc(N2CCOCC2)ccc1Nc1ccc2c(c1)OCO2. The van der Waals surface area contributed by atoms with Crippen molar-refractivity contribution in [2.24, 2.45) is 0 Å². The summed E-state index contributed by atoms with van der Waals surface area (Å²) in [5.74, 6) is 1.59. The molecule has 5 nitrogen and oxygen atoms in total. The van der Waals surface area contributed by atoms with Gasteiger partial charge in [0, 0.05) is 36.2 Å². The second kappa shape index (κ2) is 5.77. The van der Waals surface area contributed by atoms with Crippen LogP contribution in [-0.2, 0) is 4.74 Å². The quantitative estimate of drug-likeness (QED) is 0.943. The molecule has 2 aliphatic heterocycles. The summed E-state index contributed by atoms with van der Waals surface area (Å²) in [6, 6.07) is 14.3. The highest BCUT2D eigenvalue weighted by Crippen LogP contribution is 2.35. The van der Waals surface area contributed by atoms with E-state index in [2.05, 4.69) is 34.5 Å². The van der Waals surface area contributed by atoms with Crippen LogP contribution in [-0.4, -0.2) is 33.1 Å². The van der Waals surface area contributed by atoms with Gasteiger partial charge in [0.05, 0.1) is 13.2 Å². The molecule has 114 valence electrons. The van der Waals surface area contributed by atoms with Crippen LogP contribution in [0.15, 0.2) is 42.5 Å². The van der Waals surface area contributed by atoms with Crippen molar-refractivity contribution in [3.8, 4) is 11.5 Å². The van der Waals surface area contributed by atoms with E-state index in [1.165, 1.54) is 5.69 Å². The lowest BCUT2D eigenvalue weighted by Crippen LogP contribution is -2.36. The van der Waals surface area contributed by atoms with E-state index in [9.17, 15) is 0 Å². The van der Waals surface area contributed by atoms with Gasteiger partial charge in [0.1, 0.15) is 0 Å². The molecular weight excluding hydrogens is 280 g/mol. The summed E-state index contributed by atoms with van der Waals surface area (Å²) < 4.78 is 16.1. The van der Waals surface area contributed by atoms with E-state index >= 15 is 0 Å². The van der Waals surface area contributed by atoms with Gasteiger partial charge in [-0.2, -0.15) is 0 Å². The fraction of sp³-hybridized carbons (Fsp3) is 0.294. The Morgan fingerprint density at radius 1 is 0.818 bits per heavy atom. The highest BCUT2D eigenvalue weighted by molar-refractivity contribution is 5.66. The van der Waals surface area contributed by atoms with E-state index in [0.717, 1.165) is 49.2 Å². The number of morpholine rings is 1. The number of nitrogens with zero attached hydrogens (tertiary/aromatic N) is 1. The van der Waals surface area contributed by atoms with E-state index in [-0.39, 0.29) is 0 Å². The summed E-state index contributed by atoms with van der Waals surface area (Å²) in [5.41, 5.74) is 3.28. The molecule has 1 N–H and O–H groups in total. The number of ether oxygens (including phenoxy) is 3. The zero-order chi connectivity index (χ0) is 14.8. The van der Waals surface area contributed by atoms with Crippen LogP contribution in [0.3, 0.4) is 0 Å². The number of rotatable bonds is 3. The number of fused-ring (bicyclic) bond motifs is 1. The molecule has 2 heterocycles. The Kier molecular flexibility index (Phi) is 3.48. The van der Waals surface area contributed by atoms with Gasteiger partial charge >= 0.3 is 0 Å². The largest absolute Gasteiger partial charge is 0.454 e. The first kappa shape index (κ1) is 13.3. The van der Waals surface area contributed by atoms with Gasteiger partial charge in [-0.15, -0.1) is 0 Å². The third-order valence-electron chi connectivity index (χ3n) is 3.90. The Bertz CT molecular complexity index is 651. The van der Waals surface area contributed by atoms with E-state index < -0.39 is 0 Å². The van der Waals surface area contributed by atoms with Crippen molar-refractivity contribution < 1.29 is 14.2 Å². The molecule has 5 heteroatoms. The number of hydrogen-bond donors (Lipinski definition) is 1. The van der Waals surface area contributed by atoms with Crippen molar-refractivity contribution in [3.05, 3.63) is 42.5 Å². The van der Waals surface area contributed by atoms with Crippen LogP contribution >= 0.6 is 0 Å². The first-order chi connectivity index (χ1) is 10.9. The maximum Gasteiger partial charge on any atom is 0.231 e. The van der Waals surface area contributed by atoms with Crippen molar-refractivity contribution in [2.45, 2.75) is 0 Å². The fourth-order valence-electron chi connectivity index (χ4n) is 2.72. The first-order valence-electron chi connectivity index (χ1n) is 7.48. The van der Waals surface area contributed by atoms with E-state index in [0.29, 0.717) is 6.79 Å². The summed E-state index contributed by atoms with van der Waals surface area (Å²) in [7, 11) is 0. The summed E-state index contributed by atoms with van der Waals surface area (Å²) in [4.78, 5) is 2.34. The number of hydrogen-bond acceptors (Lipinski definition) is 5. The van der Waals surface area contributed by atoms with Gasteiger partial charge in [0.15, 0.2) is 11.5 Å². The molecular formula is C17H18N2O3. The molecule has 0 aliphatic carbocycles. The van der Waals surface area contributed by atoms with Crippen molar-refractivity contribution in [2.75, 3.05) is 43.3 Å². The molecule has 2 aromatic rings. The zero-order valence-corrected chi connectivity index (χ0v) is 12.2. The minimum Gasteiger partial charge on any atom is -0.454 e. The van der Waals surface area contributed by atoms with E-state index in [1.807, 2.05) is 18.2 Å². The van der Waals surface area contributed by atoms with Crippen molar-refractivity contribution in [1.82, 2.24) is 0 Å². The maximum atomic E-state index is 5.39. The molecule has 0 radical (unpaired) electrons. The monoisotopic (exact) mass is 298 g/mol. The molecule has 0 aromatic heterocycles. The molecule has 0 unspecified atom stereocenters. The van der Waals surface area contributed by atoms with Gasteiger partial charge in [-0.25, -0.2) is 0 Å². The maximum absolute atomic E-state index is 5.39. The van der Waals surface area contributed by atoms with Crippen LogP contribution in [0.4, 0.5) is 17.1 Å². The van der Waals surface area contributed by atoms with Crippen molar-refractivity contribution in [1.29, 1.82) is 0 Å². The second-order valence-electron chi connectivity index (χ2n) is 5.34. The Morgan fingerprint density at radius 3 is 2.36 bits per heavy atom. The Hall–Kier alpha value is -2.40. The molecule has 22 heavy (non-hydrogen) atoms. The predicted molar refractivity (Wildman–Crippen MR) is 85.3 cm³/mol. The van der Waals surface area contributed by atoms with Crippen LogP contribution in [0.1, 0.15) is 0 Å². The highest BCUT2D eigenvalue weighted by atomic mass is 16.7. The van der Waals surface area contributed by atoms with Crippen LogP contribution in [0.5, 0.6) is 11.5 Å². The topological polar surface area (TPSA) is 43.0 Å². The summed E-state index contributed by atoms with van der Waals surface area (Å²) in [6.45, 7) is 3.81. The molecule has 2 aromatic carbocycles. The Morgan fingerprint density at radius 2 is 1.55 bits per heavy atom. The molecule has 0 saturated carbocycles. The molecule has 0 bridgehead atoms. The Balaban J connectivity index is 1.46. The number of anilines is 3. The summed E-state index contributed by atoms with van der Waals surface area (Å²) in [5, 5.41) is 3.38. The van der Waals surface area contributed by atoms with E-state index in [4.69, 9.17) is 14.2 Å². The summed E-state index contributed by atoms with van der Waals surface area (Å²) in [6.07, 6.45) is 0. The second-order valence-corrected chi connectivity index (χ2v) is 5.34. The lowest BCUT2D eigenvalue weighted by Gasteiger charge is -2.28. The molecule has 0 atom stereocenters. The average Bonchev–Trinajstić information content (AvgIpc) is 3.04. The van der Waals surface area contributed by atoms with Crippen LogP contribution in [0.25, 0.3) is 0 Å². The molecule has 0 amide bonds. The van der Waals surface area contributed by atoms with Gasteiger partial charge < -0.3 is 24.4 Å². The van der Waals surface area contributed by atoms with Gasteiger partial charge in [-0.1, -0.05) is 0 Å². The fourth-order valence-corrected chi connectivity index (χ4v) is 2.72. The van der Waals surface area contributed by atoms with E-state index in [1.54, 1.807) is 0 Å². The molecule has 1 saturated heterocycles. The zero-order valence-electron chi connectivity index (χ0n) is 12.2. The minimum absolute atomic E-state index is 0.299. The van der Waals surface area contributed by atoms with Gasteiger partial charge in [-0.05, 0) is 36.4 Å². The van der Waals surface area contributed by atoms with Crippen LogP contribution in [0.2, 0.25) is 0 Å². The minimum atomic E-state index is 0.299. The number of benzene rings is 2. The third-order valence-corrected chi connectivity index (χ3v) is 3.90. The summed E-state index contributed by atoms with van der Waals surface area (Å²) >= 11 is 0. The van der Waals surface area contributed by atoms with Gasteiger partial charge in [0.25, 0.3) is 0 Å². The average molecular weight is 298 g/mol. The van der Waals surface area contributed by atoms with Crippen LogP contribution in [0, 0.1) is 0 Å². The highest BCUT2D eigenvalue weighted by Gasteiger charge is 2.13. The van der Waals surface area contributed by atoms with Crippen molar-refractivity contribution in [3.63, 3.8) is 0 Å². The van der Waals surface area contributed by atoms with Gasteiger partial charge in [-0.3, -0.25) is 0 Å². The lowest BCUT2D eigenvalue weighted by atomic mass is 10.2. The number of nitrogens with one attached hydrogen (secondary N) is 1. The van der Waals surface area contributed by atoms with Crippen molar-refractivity contribution >= 4 is 17.1 Å². The lowest BCUT2D eigenvalue weighted by molar-refractivity contribution is 0.122. The smallest absolute Gasteiger partial charge is 0.231 e. The predicted octanol–water partition coefficient (Wildman–Crippen LogP) is 3.00. The normalized spacial score (nSPS) is 16.6. The Labute approximate surface area is 129 Å². The first-order valence-corrected chi connectivity index (χ1v) is 7.48. The molecule has 0 spiro atoms. The van der Waals surface area contributed by atoms with Gasteiger partial charge in [0.2, 0.25) is 6.79 Å². The van der Waals surface area contributed by atoms with Crippen LogP contribution < -0.4 is 19.7 Å². The molecule has 2 aliphatic rings.